The molecule has 2 aromatic carbocycles. The van der Waals surface area contributed by atoms with E-state index in [0.29, 0.717) is 33.1 Å². The van der Waals surface area contributed by atoms with Crippen LogP contribution in [0.3, 0.4) is 0 Å². The maximum atomic E-state index is 13.5. The van der Waals surface area contributed by atoms with Gasteiger partial charge in [0.2, 0.25) is 5.91 Å². The summed E-state index contributed by atoms with van der Waals surface area (Å²) in [7, 11) is 1.58. The van der Waals surface area contributed by atoms with E-state index in [-0.39, 0.29) is 28.7 Å². The lowest BCUT2D eigenvalue weighted by Gasteiger charge is -2.36. The zero-order valence-corrected chi connectivity index (χ0v) is 25.9. The molecule has 2 amide bonds. The van der Waals surface area contributed by atoms with Crippen molar-refractivity contribution < 1.29 is 14.3 Å². The summed E-state index contributed by atoms with van der Waals surface area (Å²) in [5, 5.41) is 14.0. The van der Waals surface area contributed by atoms with Gasteiger partial charge in [0.05, 0.1) is 24.1 Å². The SMILES string of the molecule is CCC(C)(C)C1CCc2c(sc(NC(=O)CSC3=N/C(=C/c4ccccc4OC)C(=O)N3c3ccccc3)c2C#N)C1. The number of thiophene rings is 1. The number of nitriles is 1. The zero-order chi connectivity index (χ0) is 29.9. The van der Waals surface area contributed by atoms with Crippen LogP contribution in [0.1, 0.15) is 55.2 Å². The Morgan fingerprint density at radius 3 is 2.69 bits per heavy atom. The van der Waals surface area contributed by atoms with Crippen LogP contribution >= 0.6 is 23.1 Å². The molecule has 0 spiro atoms. The number of anilines is 2. The summed E-state index contributed by atoms with van der Waals surface area (Å²) in [6.07, 6.45) is 5.65. The molecule has 42 heavy (non-hydrogen) atoms. The van der Waals surface area contributed by atoms with Crippen molar-refractivity contribution in [3.8, 4) is 11.8 Å². The van der Waals surface area contributed by atoms with Crippen LogP contribution in [0.25, 0.3) is 6.08 Å². The Hall–Kier alpha value is -3.87. The van der Waals surface area contributed by atoms with Crippen LogP contribution in [0, 0.1) is 22.7 Å². The predicted octanol–water partition coefficient (Wildman–Crippen LogP) is 7.29. The standard InChI is InChI=1S/C33H34N4O3S2/c1-5-33(2,3)22-15-16-24-25(19-34)30(42-28(24)18-22)36-29(38)20-41-32-35-26(17-21-11-9-10-14-27(21)40-4)31(39)37(32)23-12-7-6-8-13-23/h6-14,17,22H,5,15-16,18,20H2,1-4H3,(H,36,38)/b26-17+. The van der Waals surface area contributed by atoms with Crippen LogP contribution in [0.4, 0.5) is 10.7 Å². The highest BCUT2D eigenvalue weighted by Crippen LogP contribution is 2.45. The maximum absolute atomic E-state index is 13.5. The number of carbonyl (C=O) groups excluding carboxylic acids is 2. The van der Waals surface area contributed by atoms with Gasteiger partial charge in [-0.3, -0.25) is 14.5 Å². The van der Waals surface area contributed by atoms with Crippen LogP contribution in [0.5, 0.6) is 5.75 Å². The predicted molar refractivity (Wildman–Crippen MR) is 172 cm³/mol. The Morgan fingerprint density at radius 1 is 1.24 bits per heavy atom. The number of ether oxygens (including phenoxy) is 1. The number of thioether (sulfide) groups is 1. The fraction of sp³-hybridized carbons (Fsp3) is 0.333. The molecule has 0 fully saturated rings. The third-order valence-corrected chi connectivity index (χ3v) is 10.4. The van der Waals surface area contributed by atoms with Gasteiger partial charge < -0.3 is 10.1 Å². The van der Waals surface area contributed by atoms with Gasteiger partial charge in [-0.25, -0.2) is 4.99 Å². The van der Waals surface area contributed by atoms with Crippen molar-refractivity contribution in [2.24, 2.45) is 16.3 Å². The number of aliphatic imine (C=N–C) groups is 1. The molecule has 0 saturated carbocycles. The number of para-hydroxylation sites is 2. The van der Waals surface area contributed by atoms with Crippen LogP contribution in [0.2, 0.25) is 0 Å². The first-order valence-corrected chi connectivity index (χ1v) is 15.9. The Bertz CT molecular complexity index is 1600. The summed E-state index contributed by atoms with van der Waals surface area (Å²) in [5.41, 5.74) is 3.56. The van der Waals surface area contributed by atoms with Gasteiger partial charge in [0.25, 0.3) is 5.91 Å². The van der Waals surface area contributed by atoms with E-state index in [4.69, 9.17) is 4.74 Å². The highest BCUT2D eigenvalue weighted by molar-refractivity contribution is 8.14. The number of fused-ring (bicyclic) bond motifs is 1. The number of rotatable bonds is 8. The average Bonchev–Trinajstić information content (AvgIpc) is 3.51. The molecule has 1 atom stereocenters. The number of benzene rings is 2. The first kappa shape index (κ1) is 29.6. The Morgan fingerprint density at radius 2 is 1.98 bits per heavy atom. The second-order valence-electron chi connectivity index (χ2n) is 11.1. The third-order valence-electron chi connectivity index (χ3n) is 8.25. The molecule has 9 heteroatoms. The molecule has 1 unspecified atom stereocenters. The highest BCUT2D eigenvalue weighted by atomic mass is 32.2. The summed E-state index contributed by atoms with van der Waals surface area (Å²) >= 11 is 2.72. The van der Waals surface area contributed by atoms with Crippen molar-refractivity contribution in [3.63, 3.8) is 0 Å². The molecule has 1 aromatic heterocycles. The van der Waals surface area contributed by atoms with Gasteiger partial charge in [0.1, 0.15) is 22.5 Å². The Balaban J connectivity index is 1.35. The lowest BCUT2D eigenvalue weighted by molar-refractivity contribution is -0.114. The molecule has 7 nitrogen and oxygen atoms in total. The van der Waals surface area contributed by atoms with Gasteiger partial charge in [-0.2, -0.15) is 5.26 Å². The van der Waals surface area contributed by atoms with Gasteiger partial charge in [0, 0.05) is 10.4 Å². The summed E-state index contributed by atoms with van der Waals surface area (Å²) in [6, 6.07) is 19.0. The van der Waals surface area contributed by atoms with Crippen LogP contribution < -0.4 is 15.0 Å². The van der Waals surface area contributed by atoms with E-state index >= 15 is 0 Å². The molecule has 0 saturated heterocycles. The van der Waals surface area contributed by atoms with Gasteiger partial charge in [-0.1, -0.05) is 75.4 Å². The Kier molecular flexibility index (Phi) is 8.85. The van der Waals surface area contributed by atoms with Gasteiger partial charge in [-0.05, 0) is 60.4 Å². The topological polar surface area (TPSA) is 94.8 Å². The van der Waals surface area contributed by atoms with E-state index < -0.39 is 0 Å². The molecule has 1 aliphatic carbocycles. The molecule has 5 rings (SSSR count). The highest BCUT2D eigenvalue weighted by Gasteiger charge is 2.35. The van der Waals surface area contributed by atoms with Gasteiger partial charge in [0.15, 0.2) is 5.17 Å². The van der Waals surface area contributed by atoms with Crippen LogP contribution in [-0.4, -0.2) is 29.8 Å². The lowest BCUT2D eigenvalue weighted by atomic mass is 9.69. The number of hydrogen-bond donors (Lipinski definition) is 1. The van der Waals surface area contributed by atoms with Crippen molar-refractivity contribution in [1.82, 2.24) is 0 Å². The number of amides is 2. The van der Waals surface area contributed by atoms with E-state index in [1.165, 1.54) is 32.9 Å². The largest absolute Gasteiger partial charge is 0.496 e. The van der Waals surface area contributed by atoms with E-state index in [0.717, 1.165) is 36.8 Å². The fourth-order valence-electron chi connectivity index (χ4n) is 5.37. The molecule has 0 bridgehead atoms. The van der Waals surface area contributed by atoms with E-state index in [1.807, 2.05) is 54.6 Å². The number of hydrogen-bond acceptors (Lipinski definition) is 7. The third kappa shape index (κ3) is 6.01. The smallest absolute Gasteiger partial charge is 0.283 e. The minimum atomic E-state index is -0.280. The molecular formula is C33H34N4O3S2. The summed E-state index contributed by atoms with van der Waals surface area (Å²) in [6.45, 7) is 6.85. The zero-order valence-electron chi connectivity index (χ0n) is 24.3. The maximum Gasteiger partial charge on any atom is 0.283 e. The van der Waals surface area contributed by atoms with Crippen molar-refractivity contribution >= 4 is 56.8 Å². The Labute approximate surface area is 255 Å². The summed E-state index contributed by atoms with van der Waals surface area (Å²) in [4.78, 5) is 34.1. The molecule has 3 aromatic rings. The normalized spacial score (nSPS) is 17.5. The van der Waals surface area contributed by atoms with Crippen molar-refractivity contribution in [1.29, 1.82) is 5.26 Å². The van der Waals surface area contributed by atoms with E-state index in [9.17, 15) is 14.9 Å². The molecule has 2 heterocycles. The fourth-order valence-corrected chi connectivity index (χ4v) is 7.48. The summed E-state index contributed by atoms with van der Waals surface area (Å²) < 4.78 is 5.44. The summed E-state index contributed by atoms with van der Waals surface area (Å²) in [5.74, 6) is 0.703. The molecule has 2 aliphatic rings. The average molecular weight is 599 g/mol. The number of nitrogens with one attached hydrogen (secondary N) is 1. The first-order chi connectivity index (χ1) is 20.2. The second kappa shape index (κ2) is 12.6. The molecule has 1 aliphatic heterocycles. The number of amidine groups is 1. The van der Waals surface area contributed by atoms with Gasteiger partial charge in [-0.15, -0.1) is 11.3 Å². The quantitative estimate of drug-likeness (QED) is 0.275. The minimum absolute atomic E-state index is 0.0380. The van der Waals surface area contributed by atoms with Crippen LogP contribution in [-0.2, 0) is 22.4 Å². The van der Waals surface area contributed by atoms with Gasteiger partial charge >= 0.3 is 0 Å². The molecule has 216 valence electrons. The van der Waals surface area contributed by atoms with E-state index in [2.05, 4.69) is 37.1 Å². The number of nitrogens with zero attached hydrogens (tertiary/aromatic N) is 3. The minimum Gasteiger partial charge on any atom is -0.496 e. The van der Waals surface area contributed by atoms with E-state index in [1.54, 1.807) is 13.2 Å². The van der Waals surface area contributed by atoms with Crippen molar-refractivity contribution in [2.75, 3.05) is 23.1 Å². The van der Waals surface area contributed by atoms with Crippen LogP contribution in [0.15, 0.2) is 65.3 Å². The number of carbonyl (C=O) groups is 2. The molecular weight excluding hydrogens is 565 g/mol. The van der Waals surface area contributed by atoms with Crippen molar-refractivity contribution in [2.45, 2.75) is 46.5 Å². The monoisotopic (exact) mass is 598 g/mol. The van der Waals surface area contributed by atoms with Crippen molar-refractivity contribution in [3.05, 3.63) is 81.9 Å². The first-order valence-electron chi connectivity index (χ1n) is 14.1. The molecule has 1 N–H and O–H groups in total. The lowest BCUT2D eigenvalue weighted by Crippen LogP contribution is -2.31. The molecule has 0 radical (unpaired) electrons. The number of methoxy groups -OCH3 is 1. The second-order valence-corrected chi connectivity index (χ2v) is 13.1.